The van der Waals surface area contributed by atoms with Crippen molar-refractivity contribution < 1.29 is 0 Å². The molecular weight excluding hydrogens is 356 g/mol. The molecule has 1 unspecified atom stereocenters. The molecule has 0 fully saturated rings. The standard InChI is InChI=1S/C21H26N4OS/c1-6-21(5)12-14-10-8-9-11-15(14)17-16(21)18(26)24-19(22-17)25(13(3)4)23-20(24)27-7-2/h8-11,13H,6-7,12H2,1-5H3. The van der Waals surface area contributed by atoms with E-state index in [1.54, 1.807) is 16.2 Å². The normalized spacial score (nSPS) is 18.7. The van der Waals surface area contributed by atoms with E-state index in [1.165, 1.54) is 5.56 Å². The number of hydrogen-bond donors (Lipinski definition) is 0. The molecule has 4 rings (SSSR count). The molecule has 0 aliphatic heterocycles. The third kappa shape index (κ3) is 2.64. The van der Waals surface area contributed by atoms with Crippen LogP contribution in [0.25, 0.3) is 17.0 Å². The smallest absolute Gasteiger partial charge is 0.265 e. The minimum atomic E-state index is -0.219. The van der Waals surface area contributed by atoms with E-state index in [0.29, 0.717) is 5.78 Å². The Morgan fingerprint density at radius 1 is 1.26 bits per heavy atom. The van der Waals surface area contributed by atoms with Crippen LogP contribution in [0, 0.1) is 0 Å². The molecule has 0 amide bonds. The largest absolute Gasteiger partial charge is 0.268 e. The first-order chi connectivity index (χ1) is 12.9. The molecule has 6 heteroatoms. The van der Waals surface area contributed by atoms with E-state index < -0.39 is 0 Å². The van der Waals surface area contributed by atoms with Crippen LogP contribution in [0.4, 0.5) is 0 Å². The van der Waals surface area contributed by atoms with Crippen LogP contribution < -0.4 is 5.56 Å². The molecule has 0 radical (unpaired) electrons. The van der Waals surface area contributed by atoms with Crippen molar-refractivity contribution in [2.24, 2.45) is 0 Å². The van der Waals surface area contributed by atoms with Crippen molar-refractivity contribution in [1.82, 2.24) is 19.2 Å². The van der Waals surface area contributed by atoms with Gasteiger partial charge in [-0.1, -0.05) is 56.8 Å². The summed E-state index contributed by atoms with van der Waals surface area (Å²) < 4.78 is 3.61. The summed E-state index contributed by atoms with van der Waals surface area (Å²) in [6.45, 7) is 10.6. The number of nitrogens with zero attached hydrogens (tertiary/aromatic N) is 4. The van der Waals surface area contributed by atoms with E-state index in [1.807, 2.05) is 10.7 Å². The van der Waals surface area contributed by atoms with Crippen molar-refractivity contribution in [1.29, 1.82) is 0 Å². The fourth-order valence-electron chi connectivity index (χ4n) is 4.04. The van der Waals surface area contributed by atoms with Crippen molar-refractivity contribution in [3.05, 3.63) is 45.7 Å². The maximum atomic E-state index is 13.7. The van der Waals surface area contributed by atoms with Gasteiger partial charge in [0.1, 0.15) is 0 Å². The van der Waals surface area contributed by atoms with Gasteiger partial charge in [-0.3, -0.25) is 4.79 Å². The molecule has 27 heavy (non-hydrogen) atoms. The highest BCUT2D eigenvalue weighted by atomic mass is 32.2. The van der Waals surface area contributed by atoms with Gasteiger partial charge < -0.3 is 0 Å². The van der Waals surface area contributed by atoms with E-state index >= 15 is 0 Å². The Bertz CT molecular complexity index is 1080. The average molecular weight is 383 g/mol. The molecule has 0 N–H and O–H groups in total. The molecule has 1 aromatic carbocycles. The van der Waals surface area contributed by atoms with Crippen molar-refractivity contribution in [2.45, 2.75) is 64.1 Å². The van der Waals surface area contributed by atoms with Gasteiger partial charge in [0.25, 0.3) is 5.56 Å². The zero-order valence-electron chi connectivity index (χ0n) is 16.6. The highest BCUT2D eigenvalue weighted by molar-refractivity contribution is 7.99. The van der Waals surface area contributed by atoms with Crippen molar-refractivity contribution in [2.75, 3.05) is 5.75 Å². The molecular formula is C21H26N4OS. The molecule has 142 valence electrons. The molecule has 0 bridgehead atoms. The average Bonchev–Trinajstić information content (AvgIpc) is 3.01. The Morgan fingerprint density at radius 3 is 2.67 bits per heavy atom. The van der Waals surface area contributed by atoms with Crippen LogP contribution in [0.5, 0.6) is 0 Å². The summed E-state index contributed by atoms with van der Waals surface area (Å²) in [5.74, 6) is 1.50. The van der Waals surface area contributed by atoms with E-state index in [9.17, 15) is 4.79 Å². The Labute approximate surface area is 163 Å². The zero-order valence-corrected chi connectivity index (χ0v) is 17.4. The van der Waals surface area contributed by atoms with Gasteiger partial charge in [0.15, 0.2) is 5.16 Å². The summed E-state index contributed by atoms with van der Waals surface area (Å²) >= 11 is 1.59. The summed E-state index contributed by atoms with van der Waals surface area (Å²) in [7, 11) is 0. The first kappa shape index (κ1) is 18.3. The SMILES string of the molecule is CCSc1nn(C(C)C)c2nc3c(c(=O)n12)C(C)(CC)Cc1ccccc1-3. The van der Waals surface area contributed by atoms with Crippen LogP contribution in [-0.2, 0) is 11.8 Å². The van der Waals surface area contributed by atoms with Gasteiger partial charge in [-0.25, -0.2) is 14.1 Å². The quantitative estimate of drug-likeness (QED) is 0.625. The van der Waals surface area contributed by atoms with Gasteiger partial charge in [0, 0.05) is 11.0 Å². The Morgan fingerprint density at radius 2 is 2.00 bits per heavy atom. The van der Waals surface area contributed by atoms with Gasteiger partial charge in [0.05, 0.1) is 17.3 Å². The van der Waals surface area contributed by atoms with Crippen LogP contribution in [0.1, 0.15) is 58.2 Å². The number of rotatable bonds is 4. The monoisotopic (exact) mass is 382 g/mol. The minimum absolute atomic E-state index is 0.0386. The maximum absolute atomic E-state index is 13.7. The third-order valence-electron chi connectivity index (χ3n) is 5.65. The lowest BCUT2D eigenvalue weighted by Gasteiger charge is -2.35. The van der Waals surface area contributed by atoms with Crippen LogP contribution in [0.15, 0.2) is 34.2 Å². The van der Waals surface area contributed by atoms with Gasteiger partial charge in [-0.2, -0.15) is 0 Å². The first-order valence-corrected chi connectivity index (χ1v) is 10.7. The highest BCUT2D eigenvalue weighted by Gasteiger charge is 2.38. The number of thioether (sulfide) groups is 1. The van der Waals surface area contributed by atoms with Gasteiger partial charge in [0.2, 0.25) is 5.78 Å². The molecule has 1 aliphatic carbocycles. The molecule has 0 spiro atoms. The predicted octanol–water partition coefficient (Wildman–Crippen LogP) is 4.47. The number of hydrogen-bond acceptors (Lipinski definition) is 4. The molecule has 2 aromatic heterocycles. The molecule has 2 heterocycles. The fraction of sp³-hybridized carbons (Fsp3) is 0.476. The summed E-state index contributed by atoms with van der Waals surface area (Å²) in [6, 6.07) is 8.48. The van der Waals surface area contributed by atoms with E-state index in [2.05, 4.69) is 52.8 Å². The number of fused-ring (bicyclic) bond motifs is 4. The second kappa shape index (κ2) is 6.51. The van der Waals surface area contributed by atoms with Crippen LogP contribution >= 0.6 is 11.8 Å². The lowest BCUT2D eigenvalue weighted by atomic mass is 9.69. The zero-order chi connectivity index (χ0) is 19.3. The Balaban J connectivity index is 2.16. The van der Waals surface area contributed by atoms with Gasteiger partial charge >= 0.3 is 0 Å². The van der Waals surface area contributed by atoms with Crippen LogP contribution in [0.3, 0.4) is 0 Å². The van der Waals surface area contributed by atoms with Crippen molar-refractivity contribution in [3.63, 3.8) is 0 Å². The predicted molar refractivity (Wildman–Crippen MR) is 111 cm³/mol. The maximum Gasteiger partial charge on any atom is 0.265 e. The highest BCUT2D eigenvalue weighted by Crippen LogP contribution is 2.42. The van der Waals surface area contributed by atoms with E-state index in [0.717, 1.165) is 40.6 Å². The second-order valence-corrected chi connectivity index (χ2v) is 9.01. The molecule has 0 saturated heterocycles. The molecule has 1 aliphatic rings. The number of aromatic nitrogens is 4. The Hall–Kier alpha value is -2.08. The van der Waals surface area contributed by atoms with E-state index in [4.69, 9.17) is 10.1 Å². The third-order valence-corrected chi connectivity index (χ3v) is 6.47. The summed E-state index contributed by atoms with van der Waals surface area (Å²) in [5.41, 5.74) is 3.84. The topological polar surface area (TPSA) is 52.2 Å². The lowest BCUT2D eigenvalue weighted by molar-refractivity contribution is 0.439. The fourth-order valence-corrected chi connectivity index (χ4v) is 4.74. The molecule has 5 nitrogen and oxygen atoms in total. The Kier molecular flexibility index (Phi) is 4.41. The van der Waals surface area contributed by atoms with Crippen LogP contribution in [0.2, 0.25) is 0 Å². The molecule has 3 aromatic rings. The van der Waals surface area contributed by atoms with Crippen LogP contribution in [-0.4, -0.2) is 24.9 Å². The molecule has 0 saturated carbocycles. The molecule has 1 atom stereocenters. The summed E-state index contributed by atoms with van der Waals surface area (Å²) in [6.07, 6.45) is 1.76. The second-order valence-electron chi connectivity index (χ2n) is 7.78. The van der Waals surface area contributed by atoms with E-state index in [-0.39, 0.29) is 17.0 Å². The summed E-state index contributed by atoms with van der Waals surface area (Å²) in [4.78, 5) is 18.8. The number of benzene rings is 1. The minimum Gasteiger partial charge on any atom is -0.268 e. The van der Waals surface area contributed by atoms with Gasteiger partial charge in [-0.15, -0.1) is 5.10 Å². The van der Waals surface area contributed by atoms with Crippen molar-refractivity contribution in [3.8, 4) is 11.3 Å². The van der Waals surface area contributed by atoms with Crippen molar-refractivity contribution >= 4 is 17.5 Å². The lowest BCUT2D eigenvalue weighted by Crippen LogP contribution is -2.38. The summed E-state index contributed by atoms with van der Waals surface area (Å²) in [5, 5.41) is 5.46. The van der Waals surface area contributed by atoms with Gasteiger partial charge in [-0.05, 0) is 38.0 Å². The first-order valence-electron chi connectivity index (χ1n) is 9.68.